The predicted molar refractivity (Wildman–Crippen MR) is 147 cm³/mol. The molecule has 2 aromatic rings. The second kappa shape index (κ2) is 12.2. The highest BCUT2D eigenvalue weighted by Crippen LogP contribution is 2.61. The molecule has 3 fully saturated rings. The van der Waals surface area contributed by atoms with Crippen molar-refractivity contribution in [3.63, 3.8) is 0 Å². The van der Waals surface area contributed by atoms with E-state index >= 15 is 0 Å². The number of nitrogens with zero attached hydrogens (tertiary/aromatic N) is 2. The number of hydrogen-bond donors (Lipinski definition) is 1. The molecule has 1 atom stereocenters. The molecule has 1 saturated heterocycles. The maximum Gasteiger partial charge on any atom is 0.337 e. The summed E-state index contributed by atoms with van der Waals surface area (Å²) in [6.07, 6.45) is 7.08. The third-order valence-electron chi connectivity index (χ3n) is 8.63. The molecule has 3 aliphatic rings. The van der Waals surface area contributed by atoms with Gasteiger partial charge in [-0.1, -0.05) is 49.6 Å². The zero-order valence-corrected chi connectivity index (χ0v) is 22.8. The Bertz CT molecular complexity index is 1170. The molecule has 208 valence electrons. The first kappa shape index (κ1) is 27.2. The van der Waals surface area contributed by atoms with Gasteiger partial charge >= 0.3 is 5.97 Å². The van der Waals surface area contributed by atoms with E-state index in [2.05, 4.69) is 16.3 Å². The number of hydrogen-bond acceptors (Lipinski definition) is 6. The first-order valence-electron chi connectivity index (χ1n) is 14.1. The molecule has 2 saturated carbocycles. The van der Waals surface area contributed by atoms with E-state index in [-0.39, 0.29) is 35.7 Å². The number of carbonyl (C=O) groups is 3. The molecular weight excluding hydrogens is 494 g/mol. The third-order valence-corrected chi connectivity index (χ3v) is 8.63. The summed E-state index contributed by atoms with van der Waals surface area (Å²) in [5.41, 5.74) is 2.81. The standard InChI is InChI=1S/C31H39N3O5/c1-38-30(37)24-11-9-23(10-12-24)22-39-27-8-4-3-7-25(27)21-33-15-17-34(18-16-33)28(35)20-32-29(36)26-19-31(26)13-5-2-6-14-31/h3-4,7-12,26H,2,5-6,13-22H2,1H3,(H,32,36). The van der Waals surface area contributed by atoms with Crippen LogP contribution in [0, 0.1) is 11.3 Å². The number of nitrogens with one attached hydrogen (secondary N) is 1. The molecule has 1 aliphatic heterocycles. The van der Waals surface area contributed by atoms with Crippen LogP contribution >= 0.6 is 0 Å². The summed E-state index contributed by atoms with van der Waals surface area (Å²) in [7, 11) is 1.37. The molecule has 8 nitrogen and oxygen atoms in total. The molecule has 39 heavy (non-hydrogen) atoms. The van der Waals surface area contributed by atoms with Gasteiger partial charge < -0.3 is 19.7 Å². The molecular formula is C31H39N3O5. The van der Waals surface area contributed by atoms with Crippen LogP contribution in [0.25, 0.3) is 0 Å². The van der Waals surface area contributed by atoms with E-state index in [4.69, 9.17) is 9.47 Å². The maximum absolute atomic E-state index is 12.8. The molecule has 2 amide bonds. The number of piperazine rings is 1. The largest absolute Gasteiger partial charge is 0.489 e. The van der Waals surface area contributed by atoms with Gasteiger partial charge in [0, 0.05) is 44.2 Å². The van der Waals surface area contributed by atoms with Crippen LogP contribution in [-0.4, -0.2) is 67.4 Å². The summed E-state index contributed by atoms with van der Waals surface area (Å²) in [4.78, 5) is 41.2. The zero-order chi connectivity index (χ0) is 27.2. The van der Waals surface area contributed by atoms with Gasteiger partial charge in [0.1, 0.15) is 12.4 Å². The van der Waals surface area contributed by atoms with Gasteiger partial charge in [0.05, 0.1) is 19.2 Å². The Hall–Kier alpha value is -3.39. The topological polar surface area (TPSA) is 88.2 Å². The smallest absolute Gasteiger partial charge is 0.337 e. The number of ether oxygens (including phenoxy) is 2. The Morgan fingerprint density at radius 2 is 1.67 bits per heavy atom. The molecule has 1 heterocycles. The first-order valence-corrected chi connectivity index (χ1v) is 14.1. The Balaban J connectivity index is 1.05. The zero-order valence-electron chi connectivity index (χ0n) is 22.8. The number of methoxy groups -OCH3 is 1. The molecule has 2 aliphatic carbocycles. The van der Waals surface area contributed by atoms with Crippen molar-refractivity contribution < 1.29 is 23.9 Å². The highest BCUT2D eigenvalue weighted by atomic mass is 16.5. The van der Waals surface area contributed by atoms with Gasteiger partial charge in [-0.2, -0.15) is 0 Å². The van der Waals surface area contributed by atoms with Crippen LogP contribution in [0.3, 0.4) is 0 Å². The summed E-state index contributed by atoms with van der Waals surface area (Å²) in [6.45, 7) is 4.08. The van der Waals surface area contributed by atoms with E-state index in [9.17, 15) is 14.4 Å². The molecule has 0 bridgehead atoms. The summed E-state index contributed by atoms with van der Waals surface area (Å²) >= 11 is 0. The lowest BCUT2D eigenvalue weighted by atomic mass is 9.84. The van der Waals surface area contributed by atoms with Crippen molar-refractivity contribution in [1.29, 1.82) is 0 Å². The lowest BCUT2D eigenvalue weighted by Gasteiger charge is -2.35. The first-order chi connectivity index (χ1) is 19.0. The molecule has 2 aromatic carbocycles. The molecule has 0 radical (unpaired) electrons. The number of amides is 2. The molecule has 1 unspecified atom stereocenters. The van der Waals surface area contributed by atoms with E-state index in [1.54, 1.807) is 12.1 Å². The Kier molecular flexibility index (Phi) is 8.50. The third kappa shape index (κ3) is 6.61. The second-order valence-electron chi connectivity index (χ2n) is 11.1. The van der Waals surface area contributed by atoms with Crippen LogP contribution in [0.2, 0.25) is 0 Å². The van der Waals surface area contributed by atoms with E-state index < -0.39 is 0 Å². The van der Waals surface area contributed by atoms with Crippen LogP contribution in [0.5, 0.6) is 5.75 Å². The van der Waals surface area contributed by atoms with Crippen molar-refractivity contribution in [2.75, 3.05) is 39.8 Å². The maximum atomic E-state index is 12.8. The van der Waals surface area contributed by atoms with Crippen LogP contribution in [-0.2, 0) is 27.5 Å². The fourth-order valence-electron chi connectivity index (χ4n) is 6.11. The lowest BCUT2D eigenvalue weighted by Crippen LogP contribution is -2.51. The minimum absolute atomic E-state index is 0.00305. The van der Waals surface area contributed by atoms with E-state index in [1.165, 1.54) is 39.2 Å². The highest BCUT2D eigenvalue weighted by Gasteiger charge is 2.57. The number of rotatable bonds is 9. The summed E-state index contributed by atoms with van der Waals surface area (Å²) in [5.74, 6) is 0.656. The van der Waals surface area contributed by atoms with E-state index in [1.807, 2.05) is 35.2 Å². The summed E-state index contributed by atoms with van der Waals surface area (Å²) in [6, 6.07) is 15.2. The van der Waals surface area contributed by atoms with E-state index in [0.717, 1.165) is 42.9 Å². The summed E-state index contributed by atoms with van der Waals surface area (Å²) in [5, 5.41) is 2.93. The fourth-order valence-corrected chi connectivity index (χ4v) is 6.11. The van der Waals surface area contributed by atoms with Crippen molar-refractivity contribution in [1.82, 2.24) is 15.1 Å². The highest BCUT2D eigenvalue weighted by molar-refractivity contribution is 5.89. The minimum atomic E-state index is -0.356. The average molecular weight is 534 g/mol. The molecule has 8 heteroatoms. The lowest BCUT2D eigenvalue weighted by molar-refractivity contribution is -0.134. The molecule has 0 aromatic heterocycles. The number of carbonyl (C=O) groups excluding carboxylic acids is 3. The van der Waals surface area contributed by atoms with Crippen LogP contribution in [0.1, 0.15) is 60.0 Å². The SMILES string of the molecule is COC(=O)c1ccc(COc2ccccc2CN2CCN(C(=O)CNC(=O)C3CC34CCCCC4)CC2)cc1. The predicted octanol–water partition coefficient (Wildman–Crippen LogP) is 3.78. The molecule has 1 N–H and O–H groups in total. The van der Waals surface area contributed by atoms with Crippen LogP contribution in [0.4, 0.5) is 0 Å². The number of para-hydroxylation sites is 1. The summed E-state index contributed by atoms with van der Waals surface area (Å²) < 4.78 is 10.9. The second-order valence-corrected chi connectivity index (χ2v) is 11.1. The van der Waals surface area contributed by atoms with Gasteiger partial charge in [-0.25, -0.2) is 4.79 Å². The Morgan fingerprint density at radius 1 is 0.949 bits per heavy atom. The average Bonchev–Trinajstić information content (AvgIpc) is 3.68. The molecule has 5 rings (SSSR count). The quantitative estimate of drug-likeness (QED) is 0.494. The van der Waals surface area contributed by atoms with E-state index in [0.29, 0.717) is 25.3 Å². The number of benzene rings is 2. The fraction of sp³-hybridized carbons (Fsp3) is 0.516. The van der Waals surface area contributed by atoms with Gasteiger partial charge in [0.2, 0.25) is 11.8 Å². The molecule has 1 spiro atoms. The Labute approximate surface area is 230 Å². The van der Waals surface area contributed by atoms with Gasteiger partial charge in [0.15, 0.2) is 0 Å². The van der Waals surface area contributed by atoms with Gasteiger partial charge in [-0.3, -0.25) is 14.5 Å². The van der Waals surface area contributed by atoms with Gasteiger partial charge in [-0.15, -0.1) is 0 Å². The van der Waals surface area contributed by atoms with Crippen LogP contribution in [0.15, 0.2) is 48.5 Å². The monoisotopic (exact) mass is 533 g/mol. The van der Waals surface area contributed by atoms with Crippen molar-refractivity contribution in [2.45, 2.75) is 51.7 Å². The normalized spacial score (nSPS) is 20.3. The van der Waals surface area contributed by atoms with Crippen molar-refractivity contribution in [3.05, 3.63) is 65.2 Å². The van der Waals surface area contributed by atoms with Crippen molar-refractivity contribution >= 4 is 17.8 Å². The Morgan fingerprint density at radius 3 is 2.38 bits per heavy atom. The van der Waals surface area contributed by atoms with Gasteiger partial charge in [0.25, 0.3) is 0 Å². The van der Waals surface area contributed by atoms with Gasteiger partial charge in [-0.05, 0) is 48.4 Å². The van der Waals surface area contributed by atoms with Crippen molar-refractivity contribution in [2.24, 2.45) is 11.3 Å². The minimum Gasteiger partial charge on any atom is -0.489 e. The van der Waals surface area contributed by atoms with Crippen LogP contribution < -0.4 is 10.1 Å². The number of esters is 1. The van der Waals surface area contributed by atoms with Crippen molar-refractivity contribution in [3.8, 4) is 5.75 Å².